The summed E-state index contributed by atoms with van der Waals surface area (Å²) in [6.45, 7) is 3.55. The van der Waals surface area contributed by atoms with E-state index in [1.54, 1.807) is 13.0 Å². The third-order valence-electron chi connectivity index (χ3n) is 4.00. The number of hydrogen-bond acceptors (Lipinski definition) is 5. The summed E-state index contributed by atoms with van der Waals surface area (Å²) in [5, 5.41) is 6.30. The van der Waals surface area contributed by atoms with E-state index in [0.717, 1.165) is 12.8 Å². The first-order chi connectivity index (χ1) is 10.6. The number of carbonyl (C=O) groups is 2. The van der Waals surface area contributed by atoms with Crippen LogP contribution in [-0.4, -0.2) is 23.1 Å². The second-order valence-corrected chi connectivity index (χ2v) is 5.91. The molecule has 1 aromatic rings. The zero-order chi connectivity index (χ0) is 15.9. The summed E-state index contributed by atoms with van der Waals surface area (Å²) in [7, 11) is 0. The smallest absolute Gasteiger partial charge is 0.306 e. The molecule has 1 amide bonds. The molecule has 0 radical (unpaired) electrons. The van der Waals surface area contributed by atoms with Crippen molar-refractivity contribution in [3.63, 3.8) is 0 Å². The van der Waals surface area contributed by atoms with Crippen molar-refractivity contribution in [1.29, 1.82) is 0 Å². The lowest BCUT2D eigenvalue weighted by Crippen LogP contribution is -2.32. The van der Waals surface area contributed by atoms with Crippen LogP contribution in [0.4, 0.5) is 5.82 Å². The van der Waals surface area contributed by atoms with Gasteiger partial charge in [-0.1, -0.05) is 31.3 Å². The van der Waals surface area contributed by atoms with Crippen molar-refractivity contribution < 1.29 is 18.8 Å². The van der Waals surface area contributed by atoms with Gasteiger partial charge in [-0.15, -0.1) is 0 Å². The van der Waals surface area contributed by atoms with E-state index in [-0.39, 0.29) is 11.9 Å². The third kappa shape index (κ3) is 4.86. The number of ether oxygens (including phenoxy) is 1. The fourth-order valence-corrected chi connectivity index (χ4v) is 2.79. The molecule has 1 unspecified atom stereocenters. The topological polar surface area (TPSA) is 81.4 Å². The minimum absolute atomic E-state index is 0.287. The Morgan fingerprint density at radius 2 is 2.14 bits per heavy atom. The van der Waals surface area contributed by atoms with Gasteiger partial charge >= 0.3 is 5.97 Å². The van der Waals surface area contributed by atoms with Crippen molar-refractivity contribution in [2.45, 2.75) is 64.9 Å². The molecule has 1 N–H and O–H groups in total. The quantitative estimate of drug-likeness (QED) is 0.816. The van der Waals surface area contributed by atoms with Crippen LogP contribution in [0.15, 0.2) is 10.6 Å². The van der Waals surface area contributed by atoms with Gasteiger partial charge in [0.05, 0.1) is 0 Å². The number of amides is 1. The third-order valence-corrected chi connectivity index (χ3v) is 4.00. The van der Waals surface area contributed by atoms with Crippen LogP contribution in [0.3, 0.4) is 0 Å². The summed E-state index contributed by atoms with van der Waals surface area (Å²) >= 11 is 0. The van der Waals surface area contributed by atoms with Gasteiger partial charge in [-0.05, 0) is 32.1 Å². The molecule has 6 heteroatoms. The van der Waals surface area contributed by atoms with Crippen LogP contribution in [0, 0.1) is 12.8 Å². The summed E-state index contributed by atoms with van der Waals surface area (Å²) in [4.78, 5) is 24.1. The molecule has 1 aliphatic carbocycles. The van der Waals surface area contributed by atoms with E-state index in [2.05, 4.69) is 10.5 Å². The lowest BCUT2D eigenvalue weighted by molar-refractivity contribution is -0.155. The zero-order valence-corrected chi connectivity index (χ0v) is 13.3. The molecule has 1 fully saturated rings. The van der Waals surface area contributed by atoms with Gasteiger partial charge in [0.15, 0.2) is 11.9 Å². The molecule has 0 aromatic carbocycles. The molecule has 122 valence electrons. The number of aromatic nitrogens is 1. The Bertz CT molecular complexity index is 506. The standard InChI is InChI=1S/C16H24N2O4/c1-3-13(16(20)17-14-9-11(2)22-18-14)21-15(19)10-12-7-5-4-6-8-12/h9,12-13H,3-8,10H2,1-2H3,(H,17,18,20). The molecular weight excluding hydrogens is 284 g/mol. The van der Waals surface area contributed by atoms with Crippen LogP contribution in [0.2, 0.25) is 0 Å². The molecule has 0 spiro atoms. The summed E-state index contributed by atoms with van der Waals surface area (Å²) in [5.41, 5.74) is 0. The SMILES string of the molecule is CCC(OC(=O)CC1CCCCC1)C(=O)Nc1cc(C)on1. The number of hydrogen-bond donors (Lipinski definition) is 1. The molecule has 1 atom stereocenters. The number of aryl methyl sites for hydroxylation is 1. The van der Waals surface area contributed by atoms with Crippen molar-refractivity contribution in [2.24, 2.45) is 5.92 Å². The van der Waals surface area contributed by atoms with Crippen molar-refractivity contribution in [2.75, 3.05) is 5.32 Å². The first-order valence-electron chi connectivity index (χ1n) is 8.02. The molecule has 0 bridgehead atoms. The summed E-state index contributed by atoms with van der Waals surface area (Å²) in [6.07, 6.45) is 5.83. The minimum Gasteiger partial charge on any atom is -0.452 e. The van der Waals surface area contributed by atoms with Gasteiger partial charge in [0.2, 0.25) is 0 Å². The molecule has 6 nitrogen and oxygen atoms in total. The molecule has 2 rings (SSSR count). The second-order valence-electron chi connectivity index (χ2n) is 5.91. The predicted octanol–water partition coefficient (Wildman–Crippen LogP) is 3.21. The van der Waals surface area contributed by atoms with Crippen LogP contribution >= 0.6 is 0 Å². The van der Waals surface area contributed by atoms with E-state index in [1.165, 1.54) is 19.3 Å². The lowest BCUT2D eigenvalue weighted by Gasteiger charge is -2.22. The number of esters is 1. The maximum Gasteiger partial charge on any atom is 0.306 e. The predicted molar refractivity (Wildman–Crippen MR) is 81.2 cm³/mol. The van der Waals surface area contributed by atoms with Gasteiger partial charge in [-0.25, -0.2) is 0 Å². The maximum absolute atomic E-state index is 12.1. The van der Waals surface area contributed by atoms with Crippen molar-refractivity contribution in [3.05, 3.63) is 11.8 Å². The molecular formula is C16H24N2O4. The lowest BCUT2D eigenvalue weighted by atomic mass is 9.87. The maximum atomic E-state index is 12.1. The average Bonchev–Trinajstić information content (AvgIpc) is 2.90. The fourth-order valence-electron chi connectivity index (χ4n) is 2.79. The minimum atomic E-state index is -0.784. The Hall–Kier alpha value is -1.85. The molecule has 0 aliphatic heterocycles. The molecule has 1 saturated carbocycles. The highest BCUT2D eigenvalue weighted by Gasteiger charge is 2.24. The number of nitrogens with one attached hydrogen (secondary N) is 1. The van der Waals surface area contributed by atoms with Crippen LogP contribution in [0.5, 0.6) is 0 Å². The van der Waals surface area contributed by atoms with Crippen LogP contribution < -0.4 is 5.32 Å². The van der Waals surface area contributed by atoms with Crippen LogP contribution in [-0.2, 0) is 14.3 Å². The average molecular weight is 308 g/mol. The summed E-state index contributed by atoms with van der Waals surface area (Å²) in [6, 6.07) is 1.62. The number of carbonyl (C=O) groups excluding carboxylic acids is 2. The molecule has 1 aliphatic rings. The molecule has 1 heterocycles. The van der Waals surface area contributed by atoms with Gasteiger partial charge in [-0.2, -0.15) is 0 Å². The highest BCUT2D eigenvalue weighted by Crippen LogP contribution is 2.26. The van der Waals surface area contributed by atoms with Gasteiger partial charge in [0, 0.05) is 12.5 Å². The van der Waals surface area contributed by atoms with E-state index >= 15 is 0 Å². The monoisotopic (exact) mass is 308 g/mol. The van der Waals surface area contributed by atoms with Crippen molar-refractivity contribution >= 4 is 17.7 Å². The van der Waals surface area contributed by atoms with E-state index in [4.69, 9.17) is 9.26 Å². The first-order valence-corrected chi connectivity index (χ1v) is 8.02. The van der Waals surface area contributed by atoms with Crippen molar-refractivity contribution in [1.82, 2.24) is 5.16 Å². The van der Waals surface area contributed by atoms with E-state index in [9.17, 15) is 9.59 Å². The normalized spacial score (nSPS) is 17.0. The van der Waals surface area contributed by atoms with Gasteiger partial charge in [-0.3, -0.25) is 9.59 Å². The largest absolute Gasteiger partial charge is 0.452 e. The van der Waals surface area contributed by atoms with Gasteiger partial charge in [0.25, 0.3) is 5.91 Å². The Labute approximate surface area is 130 Å². The highest BCUT2D eigenvalue weighted by molar-refractivity contribution is 5.94. The number of rotatable bonds is 6. The van der Waals surface area contributed by atoms with E-state index in [0.29, 0.717) is 30.3 Å². The van der Waals surface area contributed by atoms with E-state index < -0.39 is 6.10 Å². The Balaban J connectivity index is 1.82. The molecule has 0 saturated heterocycles. The van der Waals surface area contributed by atoms with Crippen LogP contribution in [0.1, 0.15) is 57.6 Å². The highest BCUT2D eigenvalue weighted by atomic mass is 16.5. The Morgan fingerprint density at radius 1 is 1.41 bits per heavy atom. The number of anilines is 1. The summed E-state index contributed by atoms with van der Waals surface area (Å²) < 4.78 is 10.2. The van der Waals surface area contributed by atoms with E-state index in [1.807, 2.05) is 6.92 Å². The Morgan fingerprint density at radius 3 is 2.73 bits per heavy atom. The number of nitrogens with zero attached hydrogens (tertiary/aromatic N) is 1. The van der Waals surface area contributed by atoms with Crippen LogP contribution in [0.25, 0.3) is 0 Å². The Kier molecular flexibility index (Phi) is 5.98. The van der Waals surface area contributed by atoms with Gasteiger partial charge in [0.1, 0.15) is 5.76 Å². The molecule has 22 heavy (non-hydrogen) atoms. The first kappa shape index (κ1) is 16.5. The summed E-state index contributed by atoms with van der Waals surface area (Å²) in [5.74, 6) is 0.694. The molecule has 1 aromatic heterocycles. The van der Waals surface area contributed by atoms with Crippen molar-refractivity contribution in [3.8, 4) is 0 Å². The van der Waals surface area contributed by atoms with Gasteiger partial charge < -0.3 is 14.6 Å². The second kappa shape index (κ2) is 7.96. The fraction of sp³-hybridized carbons (Fsp3) is 0.688. The zero-order valence-electron chi connectivity index (χ0n) is 13.3.